The molecule has 1 aromatic carbocycles. The Hall–Kier alpha value is -2.25. The third-order valence-corrected chi connectivity index (χ3v) is 9.34. The van der Waals surface area contributed by atoms with E-state index in [1.165, 1.54) is 103 Å². The van der Waals surface area contributed by atoms with Gasteiger partial charge >= 0.3 is 5.97 Å². The molecular weight excluding hydrogens is 714 g/mol. The maximum atomic E-state index is 11.5. The molecule has 0 radical (unpaired) electrons. The maximum absolute atomic E-state index is 11.5. The zero-order chi connectivity index (χ0) is 40.4. The van der Waals surface area contributed by atoms with Gasteiger partial charge < -0.3 is 42.6 Å². The van der Waals surface area contributed by atoms with E-state index in [4.69, 9.17) is 37.9 Å². The van der Waals surface area contributed by atoms with Crippen molar-refractivity contribution in [3.05, 3.63) is 29.8 Å². The quantitative estimate of drug-likeness (QED) is 0.0360. The van der Waals surface area contributed by atoms with Gasteiger partial charge in [-0.25, -0.2) is 4.79 Å². The Kier molecular flexibility index (Phi) is 37.8. The normalized spacial score (nSPS) is 11.6. The second-order valence-corrected chi connectivity index (χ2v) is 14.1. The highest BCUT2D eigenvalue weighted by Crippen LogP contribution is 2.28. The average molecular weight is 796 g/mol. The van der Waals surface area contributed by atoms with Crippen LogP contribution in [0.25, 0.3) is 6.08 Å². The molecule has 0 bridgehead atoms. The molecule has 0 unspecified atom stereocenters. The first kappa shape index (κ1) is 51.8. The van der Waals surface area contributed by atoms with E-state index in [-0.39, 0.29) is 0 Å². The predicted octanol–water partition coefficient (Wildman–Crippen LogP) is 8.94. The van der Waals surface area contributed by atoms with Crippen molar-refractivity contribution in [3.8, 4) is 11.5 Å². The Morgan fingerprint density at radius 1 is 0.500 bits per heavy atom. The molecule has 0 atom stereocenters. The lowest BCUT2D eigenvalue weighted by atomic mass is 10.1. The minimum Gasteiger partial charge on any atom is -0.493 e. The van der Waals surface area contributed by atoms with Gasteiger partial charge in [0.1, 0.15) is 6.61 Å². The van der Waals surface area contributed by atoms with Crippen molar-refractivity contribution >= 4 is 12.0 Å². The minimum atomic E-state index is -0.416. The number of carbonyl (C=O) groups excluding carboxylic acids is 1. The Bertz CT molecular complexity index is 989. The van der Waals surface area contributed by atoms with E-state index < -0.39 is 5.97 Å². The standard InChI is InChI=1S/C45H81NO10/c1-5-7-9-11-13-15-17-19-28-50-33-37-54-39-35-52-30-25-46(27-32-56-43-23-21-42(41-44(43)48-3)22-24-45(47)49-4)26-31-53-36-40-55-38-34-51-29-20-18-16-14-12-10-8-6-2/h21-24,41H,5-20,25-40H2,1-4H3/b24-22+. The number of benzene rings is 1. The molecule has 0 spiro atoms. The molecule has 56 heavy (non-hydrogen) atoms. The highest BCUT2D eigenvalue weighted by Gasteiger charge is 2.09. The maximum Gasteiger partial charge on any atom is 0.330 e. The van der Waals surface area contributed by atoms with E-state index in [0.29, 0.717) is 90.7 Å². The van der Waals surface area contributed by atoms with Gasteiger partial charge in [-0.2, -0.15) is 0 Å². The lowest BCUT2D eigenvalue weighted by Gasteiger charge is -2.22. The van der Waals surface area contributed by atoms with Crippen molar-refractivity contribution in [1.82, 2.24) is 4.90 Å². The Balaban J connectivity index is 2.29. The zero-order valence-electron chi connectivity index (χ0n) is 36.0. The highest BCUT2D eigenvalue weighted by molar-refractivity contribution is 5.87. The molecule has 0 saturated heterocycles. The number of nitrogens with zero attached hydrogens (tertiary/aromatic N) is 1. The van der Waals surface area contributed by atoms with Gasteiger partial charge in [0.15, 0.2) is 11.5 Å². The van der Waals surface area contributed by atoms with Crippen LogP contribution in [0.2, 0.25) is 0 Å². The van der Waals surface area contributed by atoms with Crippen LogP contribution in [-0.2, 0) is 38.0 Å². The van der Waals surface area contributed by atoms with Gasteiger partial charge in [0.25, 0.3) is 0 Å². The summed E-state index contributed by atoms with van der Waals surface area (Å²) in [6, 6.07) is 5.54. The van der Waals surface area contributed by atoms with Crippen molar-refractivity contribution in [1.29, 1.82) is 0 Å². The first-order valence-corrected chi connectivity index (χ1v) is 21.9. The molecule has 0 N–H and O–H groups in total. The van der Waals surface area contributed by atoms with E-state index in [1.807, 2.05) is 18.2 Å². The molecule has 0 amide bonds. The van der Waals surface area contributed by atoms with Gasteiger partial charge in [0, 0.05) is 38.9 Å². The molecule has 0 fully saturated rings. The summed E-state index contributed by atoms with van der Waals surface area (Å²) in [7, 11) is 2.95. The summed E-state index contributed by atoms with van der Waals surface area (Å²) in [4.78, 5) is 13.7. The minimum absolute atomic E-state index is 0.416. The van der Waals surface area contributed by atoms with Crippen LogP contribution in [-0.4, -0.2) is 131 Å². The lowest BCUT2D eigenvalue weighted by molar-refractivity contribution is -0.134. The summed E-state index contributed by atoms with van der Waals surface area (Å²) in [5.74, 6) is 0.807. The number of hydrogen-bond donors (Lipinski definition) is 0. The fourth-order valence-corrected chi connectivity index (χ4v) is 5.91. The molecule has 0 aliphatic heterocycles. The van der Waals surface area contributed by atoms with Crippen LogP contribution in [0.3, 0.4) is 0 Å². The summed E-state index contributed by atoms with van der Waals surface area (Å²) in [6.45, 7) is 14.5. The van der Waals surface area contributed by atoms with Gasteiger partial charge in [-0.05, 0) is 36.6 Å². The van der Waals surface area contributed by atoms with E-state index >= 15 is 0 Å². The average Bonchev–Trinajstić information content (AvgIpc) is 3.22. The Labute approximate surface area is 341 Å². The molecule has 1 aromatic rings. The first-order chi connectivity index (χ1) is 27.6. The largest absolute Gasteiger partial charge is 0.493 e. The number of rotatable bonds is 43. The van der Waals surface area contributed by atoms with Gasteiger partial charge in [-0.15, -0.1) is 0 Å². The van der Waals surface area contributed by atoms with Gasteiger partial charge in [-0.1, -0.05) is 110 Å². The molecule has 11 nitrogen and oxygen atoms in total. The molecule has 0 aliphatic rings. The van der Waals surface area contributed by atoms with Crippen molar-refractivity contribution in [2.45, 2.75) is 117 Å². The Morgan fingerprint density at radius 3 is 1.36 bits per heavy atom. The smallest absolute Gasteiger partial charge is 0.330 e. The van der Waals surface area contributed by atoms with Crippen LogP contribution >= 0.6 is 0 Å². The van der Waals surface area contributed by atoms with E-state index in [9.17, 15) is 4.79 Å². The number of ether oxygens (including phenoxy) is 9. The van der Waals surface area contributed by atoms with Gasteiger partial charge in [0.2, 0.25) is 0 Å². The highest BCUT2D eigenvalue weighted by atomic mass is 16.6. The van der Waals surface area contributed by atoms with Crippen LogP contribution in [0.15, 0.2) is 24.3 Å². The monoisotopic (exact) mass is 796 g/mol. The van der Waals surface area contributed by atoms with Crippen LogP contribution in [0.5, 0.6) is 11.5 Å². The SMILES string of the molecule is CCCCCCCCCCOCCOCCOCCN(CCOCCOCCOCCCCCCCCCC)CCOc1ccc(/C=C/C(=O)OC)cc1OC. The van der Waals surface area contributed by atoms with Crippen molar-refractivity contribution in [3.63, 3.8) is 0 Å². The van der Waals surface area contributed by atoms with Crippen LogP contribution < -0.4 is 9.47 Å². The number of methoxy groups -OCH3 is 2. The first-order valence-electron chi connectivity index (χ1n) is 21.9. The topological polar surface area (TPSA) is 103 Å². The predicted molar refractivity (Wildman–Crippen MR) is 226 cm³/mol. The summed E-state index contributed by atoms with van der Waals surface area (Å²) in [6.07, 6.45) is 23.9. The molecule has 11 heteroatoms. The molecule has 0 saturated carbocycles. The molecule has 0 heterocycles. The number of carbonyl (C=O) groups is 1. The number of hydrogen-bond acceptors (Lipinski definition) is 11. The summed E-state index contributed by atoms with van der Waals surface area (Å²) in [5, 5.41) is 0. The molecule has 0 aliphatic carbocycles. The van der Waals surface area contributed by atoms with E-state index in [0.717, 1.165) is 44.7 Å². The fourth-order valence-electron chi connectivity index (χ4n) is 5.91. The van der Waals surface area contributed by atoms with E-state index in [2.05, 4.69) is 23.5 Å². The summed E-state index contributed by atoms with van der Waals surface area (Å²) >= 11 is 0. The molecule has 326 valence electrons. The van der Waals surface area contributed by atoms with Crippen LogP contribution in [0.1, 0.15) is 122 Å². The fraction of sp³-hybridized carbons (Fsp3) is 0.800. The van der Waals surface area contributed by atoms with Crippen molar-refractivity contribution in [2.75, 3.05) is 120 Å². The third-order valence-electron chi connectivity index (χ3n) is 9.34. The van der Waals surface area contributed by atoms with Crippen molar-refractivity contribution in [2.24, 2.45) is 0 Å². The number of unbranched alkanes of at least 4 members (excludes halogenated alkanes) is 14. The molecular formula is C45H81NO10. The van der Waals surface area contributed by atoms with Gasteiger partial charge in [-0.3, -0.25) is 4.90 Å². The van der Waals surface area contributed by atoms with Crippen LogP contribution in [0.4, 0.5) is 0 Å². The third kappa shape index (κ3) is 32.8. The number of esters is 1. The second-order valence-electron chi connectivity index (χ2n) is 14.1. The van der Waals surface area contributed by atoms with Gasteiger partial charge in [0.05, 0.1) is 80.3 Å². The lowest BCUT2D eigenvalue weighted by Crippen LogP contribution is -2.35. The molecule has 1 rings (SSSR count). The summed E-state index contributed by atoms with van der Waals surface area (Å²) in [5.41, 5.74) is 0.807. The van der Waals surface area contributed by atoms with Crippen molar-refractivity contribution < 1.29 is 47.4 Å². The van der Waals surface area contributed by atoms with Crippen LogP contribution in [0, 0.1) is 0 Å². The Morgan fingerprint density at radius 2 is 0.911 bits per heavy atom. The zero-order valence-corrected chi connectivity index (χ0v) is 36.0. The molecule has 0 aromatic heterocycles. The summed E-state index contributed by atoms with van der Waals surface area (Å²) < 4.78 is 51.0. The second kappa shape index (κ2) is 40.9. The van der Waals surface area contributed by atoms with E-state index in [1.54, 1.807) is 13.2 Å².